The van der Waals surface area contributed by atoms with Gasteiger partial charge in [0.15, 0.2) is 0 Å². The van der Waals surface area contributed by atoms with E-state index in [1.54, 1.807) is 11.3 Å². The molecule has 0 amide bonds. The van der Waals surface area contributed by atoms with E-state index in [2.05, 4.69) is 22.1 Å². The van der Waals surface area contributed by atoms with E-state index in [0.717, 1.165) is 5.01 Å². The van der Waals surface area contributed by atoms with Crippen molar-refractivity contribution in [2.45, 2.75) is 25.8 Å². The van der Waals surface area contributed by atoms with Crippen molar-refractivity contribution in [3.05, 3.63) is 11.2 Å². The van der Waals surface area contributed by atoms with Crippen molar-refractivity contribution < 1.29 is 0 Å². The van der Waals surface area contributed by atoms with Crippen LogP contribution in [0.3, 0.4) is 0 Å². The van der Waals surface area contributed by atoms with Crippen LogP contribution in [0.2, 0.25) is 0 Å². The van der Waals surface area contributed by atoms with E-state index < -0.39 is 0 Å². The van der Waals surface area contributed by atoms with E-state index in [0.29, 0.717) is 6.04 Å². The number of nitrogens with one attached hydrogen (secondary N) is 1. The maximum atomic E-state index is 4.23. The van der Waals surface area contributed by atoms with Gasteiger partial charge in [-0.05, 0) is 31.3 Å². The molecule has 2 nitrogen and oxygen atoms in total. The van der Waals surface area contributed by atoms with Crippen molar-refractivity contribution in [3.8, 4) is 0 Å². The Morgan fingerprint density at radius 1 is 1.46 bits per heavy atom. The average molecular weight is 214 g/mol. The lowest BCUT2D eigenvalue weighted by Gasteiger charge is -2.22. The SMILES string of the molecule is Cc1ncc(NC2CCSCC2)s1. The minimum atomic E-state index is 0.682. The summed E-state index contributed by atoms with van der Waals surface area (Å²) < 4.78 is 0. The van der Waals surface area contributed by atoms with Gasteiger partial charge < -0.3 is 5.32 Å². The zero-order valence-corrected chi connectivity index (χ0v) is 9.38. The first kappa shape index (κ1) is 9.34. The number of thiazole rings is 1. The number of rotatable bonds is 2. The second-order valence-electron chi connectivity index (χ2n) is 3.27. The number of hydrogen-bond donors (Lipinski definition) is 1. The number of aryl methyl sites for hydroxylation is 1. The Morgan fingerprint density at radius 2 is 2.23 bits per heavy atom. The minimum Gasteiger partial charge on any atom is -0.373 e. The molecule has 2 rings (SSSR count). The predicted molar refractivity (Wildman–Crippen MR) is 60.8 cm³/mol. The van der Waals surface area contributed by atoms with Crippen LogP contribution in [-0.2, 0) is 0 Å². The van der Waals surface area contributed by atoms with Gasteiger partial charge in [0.05, 0.1) is 11.2 Å². The Labute approximate surface area is 87.1 Å². The smallest absolute Gasteiger partial charge is 0.109 e. The lowest BCUT2D eigenvalue weighted by Crippen LogP contribution is -2.23. The average Bonchev–Trinajstić information content (AvgIpc) is 2.53. The lowest BCUT2D eigenvalue weighted by atomic mass is 10.2. The Bertz CT molecular complexity index is 266. The first-order valence-electron chi connectivity index (χ1n) is 4.61. The molecular formula is C9H14N2S2. The molecule has 0 unspecified atom stereocenters. The number of nitrogens with zero attached hydrogens (tertiary/aromatic N) is 1. The highest BCUT2D eigenvalue weighted by Gasteiger charge is 2.13. The fourth-order valence-corrected chi connectivity index (χ4v) is 3.33. The molecule has 0 radical (unpaired) electrons. The van der Waals surface area contributed by atoms with Crippen LogP contribution in [0.4, 0.5) is 5.00 Å². The number of thioether (sulfide) groups is 1. The summed E-state index contributed by atoms with van der Waals surface area (Å²) in [5.74, 6) is 2.60. The summed E-state index contributed by atoms with van der Waals surface area (Å²) in [5.41, 5.74) is 0. The van der Waals surface area contributed by atoms with Crippen LogP contribution >= 0.6 is 23.1 Å². The summed E-state index contributed by atoms with van der Waals surface area (Å²) in [5, 5.41) is 5.92. The second-order valence-corrected chi connectivity index (χ2v) is 5.73. The van der Waals surface area contributed by atoms with E-state index in [4.69, 9.17) is 0 Å². The van der Waals surface area contributed by atoms with Crippen LogP contribution < -0.4 is 5.32 Å². The van der Waals surface area contributed by atoms with E-state index in [9.17, 15) is 0 Å². The minimum absolute atomic E-state index is 0.682. The quantitative estimate of drug-likeness (QED) is 0.819. The van der Waals surface area contributed by atoms with E-state index in [-0.39, 0.29) is 0 Å². The van der Waals surface area contributed by atoms with Crippen molar-refractivity contribution in [2.75, 3.05) is 16.8 Å². The van der Waals surface area contributed by atoms with Crippen molar-refractivity contribution in [3.63, 3.8) is 0 Å². The van der Waals surface area contributed by atoms with Crippen LogP contribution in [0.1, 0.15) is 17.8 Å². The molecule has 1 aromatic rings. The maximum Gasteiger partial charge on any atom is 0.109 e. The molecule has 1 aromatic heterocycles. The van der Waals surface area contributed by atoms with Crippen LogP contribution in [0.25, 0.3) is 0 Å². The molecule has 1 N–H and O–H groups in total. The molecule has 0 atom stereocenters. The second kappa shape index (κ2) is 4.33. The zero-order valence-electron chi connectivity index (χ0n) is 7.75. The largest absolute Gasteiger partial charge is 0.373 e. The number of hydrogen-bond acceptors (Lipinski definition) is 4. The van der Waals surface area contributed by atoms with Gasteiger partial charge in [-0.15, -0.1) is 11.3 Å². The monoisotopic (exact) mass is 214 g/mol. The lowest BCUT2D eigenvalue weighted by molar-refractivity contribution is 0.668. The van der Waals surface area contributed by atoms with Gasteiger partial charge in [0.1, 0.15) is 5.00 Å². The van der Waals surface area contributed by atoms with Gasteiger partial charge in [0.2, 0.25) is 0 Å². The highest BCUT2D eigenvalue weighted by atomic mass is 32.2. The first-order valence-corrected chi connectivity index (χ1v) is 6.58. The number of aromatic nitrogens is 1. The summed E-state index contributed by atoms with van der Waals surface area (Å²) in [7, 11) is 0. The summed E-state index contributed by atoms with van der Waals surface area (Å²) in [4.78, 5) is 4.23. The standard InChI is InChI=1S/C9H14N2S2/c1-7-10-6-9(13-7)11-8-2-4-12-5-3-8/h6,8,11H,2-5H2,1H3. The summed E-state index contributed by atoms with van der Waals surface area (Å²) in [6, 6.07) is 0.682. The molecule has 13 heavy (non-hydrogen) atoms. The molecular weight excluding hydrogens is 200 g/mol. The van der Waals surface area contributed by atoms with E-state index >= 15 is 0 Å². The highest BCUT2D eigenvalue weighted by Crippen LogP contribution is 2.24. The third-order valence-corrected chi connectivity index (χ3v) is 4.08. The van der Waals surface area contributed by atoms with Crippen molar-refractivity contribution in [2.24, 2.45) is 0 Å². The van der Waals surface area contributed by atoms with Crippen LogP contribution in [-0.4, -0.2) is 22.5 Å². The van der Waals surface area contributed by atoms with Crippen LogP contribution in [0.5, 0.6) is 0 Å². The van der Waals surface area contributed by atoms with Gasteiger partial charge in [-0.3, -0.25) is 0 Å². The van der Waals surface area contributed by atoms with Crippen LogP contribution in [0, 0.1) is 6.92 Å². The molecule has 0 aromatic carbocycles. The molecule has 1 aliphatic heterocycles. The fourth-order valence-electron chi connectivity index (χ4n) is 1.47. The summed E-state index contributed by atoms with van der Waals surface area (Å²) in [6.45, 7) is 2.05. The molecule has 4 heteroatoms. The molecule has 0 bridgehead atoms. The molecule has 1 aliphatic rings. The molecule has 1 fully saturated rings. The predicted octanol–water partition coefficient (Wildman–Crippen LogP) is 2.76. The van der Waals surface area contributed by atoms with Gasteiger partial charge in [0.25, 0.3) is 0 Å². The fraction of sp³-hybridized carbons (Fsp3) is 0.667. The van der Waals surface area contributed by atoms with Crippen molar-refractivity contribution in [1.29, 1.82) is 0 Å². The van der Waals surface area contributed by atoms with Crippen LogP contribution in [0.15, 0.2) is 6.20 Å². The van der Waals surface area contributed by atoms with Crippen molar-refractivity contribution >= 4 is 28.1 Å². The highest BCUT2D eigenvalue weighted by molar-refractivity contribution is 7.99. The molecule has 72 valence electrons. The molecule has 1 saturated heterocycles. The van der Waals surface area contributed by atoms with E-state index in [1.165, 1.54) is 29.3 Å². The normalized spacial score (nSPS) is 18.8. The summed E-state index contributed by atoms with van der Waals surface area (Å²) >= 11 is 3.81. The Morgan fingerprint density at radius 3 is 2.85 bits per heavy atom. The van der Waals surface area contributed by atoms with Gasteiger partial charge in [-0.25, -0.2) is 4.98 Å². The molecule has 0 saturated carbocycles. The first-order chi connectivity index (χ1) is 6.34. The third kappa shape index (κ3) is 2.61. The van der Waals surface area contributed by atoms with Gasteiger partial charge in [-0.2, -0.15) is 11.8 Å². The maximum absolute atomic E-state index is 4.23. The topological polar surface area (TPSA) is 24.9 Å². The number of anilines is 1. The van der Waals surface area contributed by atoms with Crippen molar-refractivity contribution in [1.82, 2.24) is 4.98 Å². The summed E-state index contributed by atoms with van der Waals surface area (Å²) in [6.07, 6.45) is 4.53. The van der Waals surface area contributed by atoms with E-state index in [1.807, 2.05) is 13.1 Å². The third-order valence-electron chi connectivity index (χ3n) is 2.19. The van der Waals surface area contributed by atoms with Gasteiger partial charge >= 0.3 is 0 Å². The Hall–Kier alpha value is -0.220. The zero-order chi connectivity index (χ0) is 9.10. The Kier molecular flexibility index (Phi) is 3.11. The Balaban J connectivity index is 1.89. The van der Waals surface area contributed by atoms with Gasteiger partial charge in [-0.1, -0.05) is 0 Å². The molecule has 2 heterocycles. The molecule has 0 spiro atoms. The van der Waals surface area contributed by atoms with Gasteiger partial charge in [0, 0.05) is 6.04 Å². The molecule has 0 aliphatic carbocycles.